The predicted octanol–water partition coefficient (Wildman–Crippen LogP) is 3.52. The van der Waals surface area contributed by atoms with Crippen molar-refractivity contribution in [3.63, 3.8) is 0 Å². The number of nitrogens with zero attached hydrogens (tertiary/aromatic N) is 1. The van der Waals surface area contributed by atoms with E-state index in [4.69, 9.17) is 5.11 Å². The number of aliphatic imine (C=N–C) groups is 1. The first-order chi connectivity index (χ1) is 9.22. The van der Waals surface area contributed by atoms with Crippen LogP contribution in [0.5, 0.6) is 0 Å². The van der Waals surface area contributed by atoms with Gasteiger partial charge in [0.05, 0.1) is 0 Å². The summed E-state index contributed by atoms with van der Waals surface area (Å²) >= 11 is 1.10. The minimum absolute atomic E-state index is 0.112. The molecule has 0 saturated carbocycles. The van der Waals surface area contributed by atoms with E-state index in [0.29, 0.717) is 0 Å². The van der Waals surface area contributed by atoms with E-state index in [9.17, 15) is 9.59 Å². The fourth-order valence-electron chi connectivity index (χ4n) is 1.83. The Labute approximate surface area is 124 Å². The molecule has 0 radical (unpaired) electrons. The molecular weight excluding hydrogens is 276 g/mol. The Morgan fingerprint density at radius 1 is 1.45 bits per heavy atom. The second-order valence-corrected chi connectivity index (χ2v) is 6.33. The molecule has 0 aliphatic rings. The van der Waals surface area contributed by atoms with Gasteiger partial charge in [-0.3, -0.25) is 4.79 Å². The molecule has 0 aliphatic carbocycles. The van der Waals surface area contributed by atoms with Crippen LogP contribution in [-0.2, 0) is 4.79 Å². The first-order valence-corrected chi connectivity index (χ1v) is 7.72. The monoisotopic (exact) mass is 300 g/mol. The zero-order valence-electron chi connectivity index (χ0n) is 12.6. The summed E-state index contributed by atoms with van der Waals surface area (Å²) in [6.07, 6.45) is 4.66. The summed E-state index contributed by atoms with van der Waals surface area (Å²) in [7, 11) is 0. The lowest BCUT2D eigenvalue weighted by atomic mass is 9.77. The summed E-state index contributed by atoms with van der Waals surface area (Å²) in [5.41, 5.74) is -0.196. The number of thioether (sulfide) groups is 1. The van der Waals surface area contributed by atoms with Gasteiger partial charge in [-0.05, 0) is 30.9 Å². The third-order valence-electron chi connectivity index (χ3n) is 2.88. The van der Waals surface area contributed by atoms with E-state index >= 15 is 0 Å². The Kier molecular flexibility index (Phi) is 8.22. The number of rotatable bonds is 5. The van der Waals surface area contributed by atoms with Gasteiger partial charge in [-0.2, -0.15) is 4.99 Å². The van der Waals surface area contributed by atoms with Crippen molar-refractivity contribution in [1.29, 1.82) is 0 Å². The van der Waals surface area contributed by atoms with Gasteiger partial charge in [-0.25, -0.2) is 4.79 Å². The lowest BCUT2D eigenvalue weighted by Crippen LogP contribution is -2.40. The standard InChI is InChI=1S/C14H24N2O3S/c1-6-7-8-9-10(14(2,3)4)11(17)15-12(20-5)16-13(18)19/h6,10H,1,7-9H2,2-5H3,(H,18,19)(H,15,16,17). The number of amides is 2. The summed E-state index contributed by atoms with van der Waals surface area (Å²) in [5.74, 6) is -0.385. The quantitative estimate of drug-likeness (QED) is 0.352. The molecule has 0 aliphatic heterocycles. The predicted molar refractivity (Wildman–Crippen MR) is 84.1 cm³/mol. The summed E-state index contributed by atoms with van der Waals surface area (Å²) in [6.45, 7) is 9.67. The van der Waals surface area contributed by atoms with Crippen molar-refractivity contribution in [2.75, 3.05) is 6.26 Å². The lowest BCUT2D eigenvalue weighted by Gasteiger charge is -2.29. The number of amidine groups is 1. The van der Waals surface area contributed by atoms with Crippen molar-refractivity contribution in [2.24, 2.45) is 16.3 Å². The Hall–Kier alpha value is -1.30. The summed E-state index contributed by atoms with van der Waals surface area (Å²) < 4.78 is 0. The highest BCUT2D eigenvalue weighted by atomic mass is 32.2. The topological polar surface area (TPSA) is 78.8 Å². The van der Waals surface area contributed by atoms with Crippen LogP contribution in [0.2, 0.25) is 0 Å². The molecule has 0 heterocycles. The SMILES string of the molecule is C=CCCCC(C(=O)NC(=NC(=O)O)SC)C(C)(C)C. The molecule has 0 aromatic carbocycles. The molecular formula is C14H24N2O3S. The Morgan fingerprint density at radius 2 is 2.05 bits per heavy atom. The molecule has 20 heavy (non-hydrogen) atoms. The minimum atomic E-state index is -1.31. The van der Waals surface area contributed by atoms with Crippen LogP contribution in [0.15, 0.2) is 17.6 Å². The Bertz CT molecular complexity index is 386. The van der Waals surface area contributed by atoms with Gasteiger partial charge in [0.2, 0.25) is 5.91 Å². The summed E-state index contributed by atoms with van der Waals surface area (Å²) in [5, 5.41) is 11.3. The zero-order chi connectivity index (χ0) is 15.8. The minimum Gasteiger partial charge on any atom is -0.463 e. The van der Waals surface area contributed by atoms with Crippen molar-refractivity contribution in [2.45, 2.75) is 40.0 Å². The van der Waals surface area contributed by atoms with Gasteiger partial charge in [0.1, 0.15) is 0 Å². The van der Waals surface area contributed by atoms with Crippen molar-refractivity contribution in [1.82, 2.24) is 5.32 Å². The molecule has 0 fully saturated rings. The van der Waals surface area contributed by atoms with Crippen molar-refractivity contribution >= 4 is 28.9 Å². The molecule has 0 bridgehead atoms. The van der Waals surface area contributed by atoms with Gasteiger partial charge in [-0.15, -0.1) is 6.58 Å². The van der Waals surface area contributed by atoms with E-state index in [2.05, 4.69) is 16.9 Å². The van der Waals surface area contributed by atoms with E-state index in [1.807, 2.05) is 26.8 Å². The molecule has 6 heteroatoms. The summed E-state index contributed by atoms with van der Waals surface area (Å²) in [6, 6.07) is 0. The number of unbranched alkanes of at least 4 members (excludes halogenated alkanes) is 1. The molecule has 0 rings (SSSR count). The molecule has 114 valence electrons. The van der Waals surface area contributed by atoms with E-state index in [-0.39, 0.29) is 22.4 Å². The smallest absolute Gasteiger partial charge is 0.433 e. The van der Waals surface area contributed by atoms with Crippen LogP contribution in [0.3, 0.4) is 0 Å². The first-order valence-electron chi connectivity index (χ1n) is 6.49. The van der Waals surface area contributed by atoms with Crippen molar-refractivity contribution in [3.05, 3.63) is 12.7 Å². The highest BCUT2D eigenvalue weighted by molar-refractivity contribution is 8.13. The van der Waals surface area contributed by atoms with Crippen molar-refractivity contribution < 1.29 is 14.7 Å². The van der Waals surface area contributed by atoms with Crippen LogP contribution >= 0.6 is 11.8 Å². The van der Waals surface area contributed by atoms with Gasteiger partial charge in [0, 0.05) is 5.92 Å². The first kappa shape index (κ1) is 18.7. The van der Waals surface area contributed by atoms with Gasteiger partial charge < -0.3 is 10.4 Å². The third-order valence-corrected chi connectivity index (χ3v) is 3.46. The van der Waals surface area contributed by atoms with Gasteiger partial charge in [-0.1, -0.05) is 38.6 Å². The van der Waals surface area contributed by atoms with Crippen LogP contribution in [0.25, 0.3) is 0 Å². The zero-order valence-corrected chi connectivity index (χ0v) is 13.4. The van der Waals surface area contributed by atoms with Gasteiger partial charge in [0.15, 0.2) is 5.17 Å². The summed E-state index contributed by atoms with van der Waals surface area (Å²) in [4.78, 5) is 26.2. The maximum atomic E-state index is 12.3. The highest BCUT2D eigenvalue weighted by Gasteiger charge is 2.31. The van der Waals surface area contributed by atoms with Gasteiger partial charge >= 0.3 is 6.09 Å². The average Bonchev–Trinajstić information content (AvgIpc) is 2.31. The molecule has 1 atom stereocenters. The van der Waals surface area contributed by atoms with Crippen LogP contribution in [0, 0.1) is 11.3 Å². The number of hydrogen-bond acceptors (Lipinski definition) is 3. The normalized spacial score (nSPS) is 13.7. The molecule has 0 saturated heterocycles. The van der Waals surface area contributed by atoms with E-state index in [1.165, 1.54) is 0 Å². The molecule has 1 unspecified atom stereocenters. The Balaban J connectivity index is 4.86. The largest absolute Gasteiger partial charge is 0.463 e. The fourth-order valence-corrected chi connectivity index (χ4v) is 2.20. The number of carbonyl (C=O) groups excluding carboxylic acids is 1. The van der Waals surface area contributed by atoms with Gasteiger partial charge in [0.25, 0.3) is 0 Å². The number of nitrogens with one attached hydrogen (secondary N) is 1. The maximum absolute atomic E-state index is 12.3. The number of hydrogen-bond donors (Lipinski definition) is 2. The third kappa shape index (κ3) is 7.33. The van der Waals surface area contributed by atoms with E-state index in [1.54, 1.807) is 6.26 Å². The van der Waals surface area contributed by atoms with Crippen LogP contribution in [-0.4, -0.2) is 28.5 Å². The van der Waals surface area contributed by atoms with E-state index < -0.39 is 6.09 Å². The molecule has 5 nitrogen and oxygen atoms in total. The lowest BCUT2D eigenvalue weighted by molar-refractivity contribution is -0.127. The van der Waals surface area contributed by atoms with Crippen LogP contribution in [0.1, 0.15) is 40.0 Å². The van der Waals surface area contributed by atoms with Crippen LogP contribution < -0.4 is 5.32 Å². The average molecular weight is 300 g/mol. The second kappa shape index (κ2) is 8.79. The molecule has 0 aromatic heterocycles. The van der Waals surface area contributed by atoms with Crippen molar-refractivity contribution in [3.8, 4) is 0 Å². The molecule has 0 spiro atoms. The fraction of sp³-hybridized carbons (Fsp3) is 0.643. The number of carboxylic acid groups (broad SMARTS) is 1. The number of carbonyl (C=O) groups is 2. The molecule has 2 amide bonds. The van der Waals surface area contributed by atoms with E-state index in [0.717, 1.165) is 31.0 Å². The highest BCUT2D eigenvalue weighted by Crippen LogP contribution is 2.30. The Morgan fingerprint density at radius 3 is 2.45 bits per heavy atom. The molecule has 0 aromatic rings. The van der Waals surface area contributed by atoms with Crippen LogP contribution in [0.4, 0.5) is 4.79 Å². The molecule has 2 N–H and O–H groups in total. The number of allylic oxidation sites excluding steroid dienone is 1. The second-order valence-electron chi connectivity index (χ2n) is 5.53. The maximum Gasteiger partial charge on any atom is 0.433 e.